The third-order valence-corrected chi connectivity index (χ3v) is 0. The zero-order chi connectivity index (χ0) is 4.50. The van der Waals surface area contributed by atoms with Gasteiger partial charge in [-0.3, -0.25) is 8.42 Å². The fourth-order valence-electron chi connectivity index (χ4n) is 0. The maximum atomic E-state index is 8.52. The van der Waals surface area contributed by atoms with Gasteiger partial charge in [0.1, 0.15) is 0 Å². The van der Waals surface area contributed by atoms with Gasteiger partial charge in [-0.1, -0.05) is 0 Å². The third-order valence-electron chi connectivity index (χ3n) is 0. The Morgan fingerprint density at radius 1 is 0.889 bits per heavy atom. The molecule has 0 bridgehead atoms. The standard InChI is InChI=1S/2K.2Li.H2O4S.2H/c;;;;1-5(2,3)4;;/h;;;;(H2,1,2,3,4);;/q;;2*+1;;;/p-2. The molecule has 4 nitrogen and oxygen atoms in total. The van der Waals surface area contributed by atoms with Gasteiger partial charge in [0.05, 0.1) is 0 Å². The van der Waals surface area contributed by atoms with Crippen LogP contribution >= 0.6 is 0 Å². The molecule has 0 atom stereocenters. The molecule has 0 aromatic carbocycles. The van der Waals surface area contributed by atoms with Crippen LogP contribution < -0.4 is 37.7 Å². The van der Waals surface area contributed by atoms with Gasteiger partial charge in [-0.15, -0.1) is 0 Å². The SMILES string of the molecule is O=S(=O)([O-])[O-].[KH].[KH].[Li+].[Li+]. The van der Waals surface area contributed by atoms with E-state index in [2.05, 4.69) is 0 Å². The molecule has 0 aliphatic rings. The molecule has 0 aliphatic heterocycles. The van der Waals surface area contributed by atoms with Gasteiger partial charge in [0, 0.05) is 10.4 Å². The Bertz CT molecular complexity index is 99.7. The van der Waals surface area contributed by atoms with Crippen LogP contribution in [0.1, 0.15) is 0 Å². The van der Waals surface area contributed by atoms with Gasteiger partial charge in [-0.25, -0.2) is 0 Å². The van der Waals surface area contributed by atoms with E-state index in [9.17, 15) is 0 Å². The molecule has 0 spiro atoms. The van der Waals surface area contributed by atoms with Crippen molar-refractivity contribution in [2.45, 2.75) is 0 Å². The van der Waals surface area contributed by atoms with E-state index >= 15 is 0 Å². The van der Waals surface area contributed by atoms with E-state index in [1.54, 1.807) is 0 Å². The van der Waals surface area contributed by atoms with E-state index in [0.29, 0.717) is 0 Å². The molecule has 0 unspecified atom stereocenters. The molecule has 0 heterocycles. The summed E-state index contributed by atoms with van der Waals surface area (Å²) >= 11 is 0. The summed E-state index contributed by atoms with van der Waals surface area (Å²) in [5.41, 5.74) is 0. The number of rotatable bonds is 0. The summed E-state index contributed by atoms with van der Waals surface area (Å²) in [5.74, 6) is 0. The van der Waals surface area contributed by atoms with Crippen molar-refractivity contribution in [3.63, 3.8) is 0 Å². The summed E-state index contributed by atoms with van der Waals surface area (Å²) in [4.78, 5) is 0. The summed E-state index contributed by atoms with van der Waals surface area (Å²) in [6.07, 6.45) is 0. The Morgan fingerprint density at radius 3 is 0.889 bits per heavy atom. The van der Waals surface area contributed by atoms with E-state index in [0.717, 1.165) is 0 Å². The Labute approximate surface area is 163 Å². The number of hydrogen-bond acceptors (Lipinski definition) is 4. The van der Waals surface area contributed by atoms with Crippen LogP contribution in [-0.4, -0.2) is 120 Å². The van der Waals surface area contributed by atoms with Gasteiger partial charge in [0.2, 0.25) is 0 Å². The Morgan fingerprint density at radius 2 is 0.889 bits per heavy atom. The number of hydrogen-bond donors (Lipinski definition) is 0. The molecule has 0 saturated carbocycles. The molecule has 0 radical (unpaired) electrons. The van der Waals surface area contributed by atoms with E-state index in [1.165, 1.54) is 0 Å². The average molecular weight is 190 g/mol. The van der Waals surface area contributed by atoms with Crippen LogP contribution in [0.5, 0.6) is 0 Å². The first-order chi connectivity index (χ1) is 2.00. The molecule has 0 aromatic heterocycles. The second kappa shape index (κ2) is 14.8. The topological polar surface area (TPSA) is 80.3 Å². The Hall–Kier alpha value is 4.34. The first-order valence-electron chi connectivity index (χ1n) is 0.667. The van der Waals surface area contributed by atoms with Gasteiger partial charge < -0.3 is 9.11 Å². The van der Waals surface area contributed by atoms with Crippen molar-refractivity contribution in [2.24, 2.45) is 0 Å². The van der Waals surface area contributed by atoms with Crippen LogP contribution in [0.4, 0.5) is 0 Å². The summed E-state index contributed by atoms with van der Waals surface area (Å²) in [7, 11) is -5.17. The molecule has 0 N–H and O–H groups in total. The molecule has 9 heteroatoms. The molecule has 0 rings (SSSR count). The molecule has 0 amide bonds. The van der Waals surface area contributed by atoms with E-state index in [-0.39, 0.29) is 140 Å². The minimum atomic E-state index is -5.17. The molecule has 9 heavy (non-hydrogen) atoms. The van der Waals surface area contributed by atoms with Crippen LogP contribution in [0.15, 0.2) is 0 Å². The van der Waals surface area contributed by atoms with Crippen LogP contribution in [0.25, 0.3) is 0 Å². The summed E-state index contributed by atoms with van der Waals surface area (Å²) in [5, 5.41) is 0. The van der Waals surface area contributed by atoms with Crippen molar-refractivity contribution in [1.29, 1.82) is 0 Å². The summed E-state index contributed by atoms with van der Waals surface area (Å²) in [6.45, 7) is 0. The first-order valence-corrected chi connectivity index (χ1v) is 2.00. The molecule has 0 fully saturated rings. The third kappa shape index (κ3) is 70.1. The smallest absolute Gasteiger partial charge is 1.00 e. The fourth-order valence-corrected chi connectivity index (χ4v) is 0. The van der Waals surface area contributed by atoms with E-state index in [1.807, 2.05) is 0 Å². The van der Waals surface area contributed by atoms with Gasteiger partial charge in [0.25, 0.3) is 0 Å². The zero-order valence-electron chi connectivity index (χ0n) is 4.04. The van der Waals surface area contributed by atoms with Crippen LogP contribution in [0, 0.1) is 0 Å². The van der Waals surface area contributed by atoms with Crippen molar-refractivity contribution >= 4 is 113 Å². The fraction of sp³-hybridized carbons (Fsp3) is 0. The predicted octanol–water partition coefficient (Wildman–Crippen LogP) is -8.63. The second-order valence-electron chi connectivity index (χ2n) is 0.408. The van der Waals surface area contributed by atoms with Crippen LogP contribution in [0.3, 0.4) is 0 Å². The van der Waals surface area contributed by atoms with Crippen molar-refractivity contribution < 1.29 is 55.2 Å². The molecular weight excluding hydrogens is 188 g/mol. The van der Waals surface area contributed by atoms with Crippen molar-refractivity contribution in [3.8, 4) is 0 Å². The van der Waals surface area contributed by atoms with Gasteiger partial charge >= 0.3 is 140 Å². The predicted molar refractivity (Wildman–Crippen MR) is 24.8 cm³/mol. The zero-order valence-corrected chi connectivity index (χ0v) is 4.86. The minimum absolute atomic E-state index is 0. The average Bonchev–Trinajstić information content (AvgIpc) is 0.722. The molecule has 0 saturated heterocycles. The van der Waals surface area contributed by atoms with Gasteiger partial charge in [0.15, 0.2) is 0 Å². The first kappa shape index (κ1) is 29.2. The molecule has 0 aromatic rings. The summed E-state index contributed by atoms with van der Waals surface area (Å²) < 4.78 is 34.1. The van der Waals surface area contributed by atoms with Crippen molar-refractivity contribution in [3.05, 3.63) is 0 Å². The normalized spacial score (nSPS) is 6.44. The largest absolute Gasteiger partial charge is 1.00 e. The van der Waals surface area contributed by atoms with Crippen molar-refractivity contribution in [2.75, 3.05) is 0 Å². The second-order valence-corrected chi connectivity index (χ2v) is 1.22. The van der Waals surface area contributed by atoms with Gasteiger partial charge in [-0.05, 0) is 0 Å². The quantitative estimate of drug-likeness (QED) is 0.216. The van der Waals surface area contributed by atoms with Crippen molar-refractivity contribution in [1.82, 2.24) is 0 Å². The molecular formula is H2K2Li2O4S. The Kier molecular flexibility index (Phi) is 48.2. The van der Waals surface area contributed by atoms with Crippen LogP contribution in [0.2, 0.25) is 0 Å². The van der Waals surface area contributed by atoms with Gasteiger partial charge in [-0.2, -0.15) is 0 Å². The maximum absolute atomic E-state index is 8.52. The summed E-state index contributed by atoms with van der Waals surface area (Å²) in [6, 6.07) is 0. The minimum Gasteiger partial charge on any atom is 1.00 e. The maximum Gasteiger partial charge on any atom is 1.00 e. The molecule has 0 aliphatic carbocycles. The van der Waals surface area contributed by atoms with Crippen LogP contribution in [-0.2, 0) is 10.4 Å². The Balaban J connectivity index is -0.0000000133. The van der Waals surface area contributed by atoms with E-state index in [4.69, 9.17) is 17.5 Å². The molecule has 36 valence electrons. The monoisotopic (exact) mass is 190 g/mol. The van der Waals surface area contributed by atoms with E-state index < -0.39 is 10.4 Å².